The van der Waals surface area contributed by atoms with Gasteiger partial charge in [0, 0.05) is 24.9 Å². The number of fused-ring (bicyclic) bond motifs is 1. The largest absolute Gasteiger partial charge is 0.419 e. The summed E-state index contributed by atoms with van der Waals surface area (Å²) in [4.78, 5) is 25.3. The van der Waals surface area contributed by atoms with E-state index in [1.807, 2.05) is 18.2 Å². The Morgan fingerprint density at radius 3 is 2.71 bits per heavy atom. The van der Waals surface area contributed by atoms with Gasteiger partial charge in [-0.05, 0) is 18.6 Å². The first-order valence-corrected chi connectivity index (χ1v) is 8.43. The van der Waals surface area contributed by atoms with Gasteiger partial charge in [0.1, 0.15) is 0 Å². The molecule has 1 heterocycles. The number of quaternary nitrogens is 1. The van der Waals surface area contributed by atoms with E-state index in [0.29, 0.717) is 31.5 Å². The van der Waals surface area contributed by atoms with Crippen molar-refractivity contribution < 1.29 is 14.1 Å². The van der Waals surface area contributed by atoms with Gasteiger partial charge >= 0.3 is 5.76 Å². The topological polar surface area (TPSA) is 68.7 Å². The highest BCUT2D eigenvalue weighted by molar-refractivity contribution is 5.76. The summed E-state index contributed by atoms with van der Waals surface area (Å²) in [7, 11) is 4.22. The number of hydrogen-bond donors (Lipinski definition) is 2. The van der Waals surface area contributed by atoms with Gasteiger partial charge < -0.3 is 14.6 Å². The van der Waals surface area contributed by atoms with Crippen molar-refractivity contribution in [3.8, 4) is 0 Å². The Labute approximate surface area is 142 Å². The molecule has 6 nitrogen and oxygen atoms in total. The van der Waals surface area contributed by atoms with Crippen molar-refractivity contribution in [2.75, 3.05) is 27.2 Å². The molecular weight excluding hydrogens is 306 g/mol. The summed E-state index contributed by atoms with van der Waals surface area (Å²) in [6.07, 6.45) is 1.01. The lowest BCUT2D eigenvalue weighted by molar-refractivity contribution is -0.865. The summed E-state index contributed by atoms with van der Waals surface area (Å²) in [6.45, 7) is 6.43. The summed E-state index contributed by atoms with van der Waals surface area (Å²) in [5.41, 5.74) is 1.42. The van der Waals surface area contributed by atoms with Gasteiger partial charge in [-0.1, -0.05) is 26.0 Å². The number of para-hydroxylation sites is 2. The van der Waals surface area contributed by atoms with Crippen LogP contribution in [0, 0.1) is 5.41 Å². The number of benzene rings is 1. The summed E-state index contributed by atoms with van der Waals surface area (Å²) >= 11 is 0. The number of nitrogens with zero attached hydrogens (tertiary/aromatic N) is 1. The number of hydrogen-bond acceptors (Lipinski definition) is 3. The lowest BCUT2D eigenvalue weighted by Crippen LogP contribution is -3.07. The van der Waals surface area contributed by atoms with Crippen LogP contribution in [0.25, 0.3) is 11.1 Å². The van der Waals surface area contributed by atoms with Crippen LogP contribution < -0.4 is 16.0 Å². The van der Waals surface area contributed by atoms with Gasteiger partial charge in [0.15, 0.2) is 5.58 Å². The lowest BCUT2D eigenvalue weighted by Gasteiger charge is -2.26. The van der Waals surface area contributed by atoms with Crippen LogP contribution in [0.3, 0.4) is 0 Å². The van der Waals surface area contributed by atoms with E-state index >= 15 is 0 Å². The second kappa shape index (κ2) is 7.66. The highest BCUT2D eigenvalue weighted by Crippen LogP contribution is 2.13. The molecule has 2 N–H and O–H groups in total. The third-order valence-corrected chi connectivity index (χ3v) is 3.96. The summed E-state index contributed by atoms with van der Waals surface area (Å²) in [6, 6.07) is 7.33. The minimum atomic E-state index is -0.369. The third kappa shape index (κ3) is 4.96. The van der Waals surface area contributed by atoms with E-state index in [2.05, 4.69) is 33.3 Å². The molecule has 0 unspecified atom stereocenters. The van der Waals surface area contributed by atoms with Gasteiger partial charge in [-0.25, -0.2) is 4.79 Å². The van der Waals surface area contributed by atoms with Gasteiger partial charge in [0.25, 0.3) is 0 Å². The van der Waals surface area contributed by atoms with E-state index in [1.165, 1.54) is 4.90 Å². The standard InChI is InChI=1S/C18H27N3O3/c1-18(2,13-20(3)4)12-19-16(22)10-7-11-21-14-8-5-6-9-15(14)24-17(21)23/h5-6,8-9H,7,10-13H2,1-4H3,(H,19,22)/p+1. The average Bonchev–Trinajstić information content (AvgIpc) is 2.80. The molecule has 0 aliphatic carbocycles. The SMILES string of the molecule is C[NH+](C)CC(C)(C)CNC(=O)CCCn1c(=O)oc2ccccc21. The number of nitrogens with one attached hydrogen (secondary N) is 2. The van der Waals surface area contributed by atoms with Crippen molar-refractivity contribution in [3.05, 3.63) is 34.8 Å². The second-order valence-electron chi connectivity index (χ2n) is 7.42. The van der Waals surface area contributed by atoms with Gasteiger partial charge in [0.2, 0.25) is 5.91 Å². The Balaban J connectivity index is 1.82. The molecular formula is C18H28N3O3+. The fraction of sp³-hybridized carbons (Fsp3) is 0.556. The van der Waals surface area contributed by atoms with Crippen LogP contribution in [0.4, 0.5) is 0 Å². The first-order chi connectivity index (χ1) is 11.3. The van der Waals surface area contributed by atoms with E-state index in [0.717, 1.165) is 12.1 Å². The monoisotopic (exact) mass is 334 g/mol. The average molecular weight is 334 g/mol. The molecule has 0 saturated carbocycles. The quantitative estimate of drug-likeness (QED) is 0.745. The van der Waals surface area contributed by atoms with Crippen molar-refractivity contribution in [3.63, 3.8) is 0 Å². The number of aryl methyl sites for hydroxylation is 1. The second-order valence-corrected chi connectivity index (χ2v) is 7.42. The number of rotatable bonds is 8. The molecule has 0 radical (unpaired) electrons. The summed E-state index contributed by atoms with van der Waals surface area (Å²) in [5, 5.41) is 3.00. The Morgan fingerprint density at radius 1 is 1.29 bits per heavy atom. The number of carbonyl (C=O) groups is 1. The Kier molecular flexibility index (Phi) is 5.83. The molecule has 2 rings (SSSR count). The highest BCUT2D eigenvalue weighted by atomic mass is 16.4. The smallest absolute Gasteiger partial charge is 0.408 e. The Morgan fingerprint density at radius 2 is 2.00 bits per heavy atom. The molecule has 0 bridgehead atoms. The normalized spacial score (nSPS) is 12.0. The fourth-order valence-electron chi connectivity index (χ4n) is 3.07. The van der Waals surface area contributed by atoms with Crippen LogP contribution in [0.1, 0.15) is 26.7 Å². The maximum Gasteiger partial charge on any atom is 0.419 e. The lowest BCUT2D eigenvalue weighted by atomic mass is 9.93. The maximum absolute atomic E-state index is 12.0. The summed E-state index contributed by atoms with van der Waals surface area (Å²) < 4.78 is 6.78. The van der Waals surface area contributed by atoms with E-state index in [9.17, 15) is 9.59 Å². The Bertz CT molecular complexity index is 743. The zero-order valence-corrected chi connectivity index (χ0v) is 15.0. The van der Waals surface area contributed by atoms with Crippen molar-refractivity contribution >= 4 is 17.0 Å². The molecule has 0 aliphatic heterocycles. The molecule has 2 aromatic rings. The minimum Gasteiger partial charge on any atom is -0.408 e. The number of aromatic nitrogens is 1. The van der Waals surface area contributed by atoms with Crippen LogP contribution in [-0.4, -0.2) is 37.7 Å². The molecule has 1 amide bonds. The van der Waals surface area contributed by atoms with Crippen molar-refractivity contribution in [1.82, 2.24) is 9.88 Å². The van der Waals surface area contributed by atoms with Gasteiger partial charge in [-0.3, -0.25) is 9.36 Å². The molecule has 6 heteroatoms. The van der Waals surface area contributed by atoms with Gasteiger partial charge in [0.05, 0.1) is 26.2 Å². The Hall–Kier alpha value is -2.08. The fourth-order valence-corrected chi connectivity index (χ4v) is 3.07. The first-order valence-electron chi connectivity index (χ1n) is 8.43. The van der Waals surface area contributed by atoms with Crippen LogP contribution in [0.15, 0.2) is 33.5 Å². The molecule has 1 aromatic heterocycles. The predicted molar refractivity (Wildman–Crippen MR) is 94.2 cm³/mol. The van der Waals surface area contributed by atoms with Crippen molar-refractivity contribution in [2.24, 2.45) is 5.41 Å². The summed E-state index contributed by atoms with van der Waals surface area (Å²) in [5.74, 6) is -0.343. The van der Waals surface area contributed by atoms with E-state index < -0.39 is 0 Å². The maximum atomic E-state index is 12.0. The zero-order valence-electron chi connectivity index (χ0n) is 15.0. The van der Waals surface area contributed by atoms with Gasteiger partial charge in [-0.15, -0.1) is 0 Å². The molecule has 0 aliphatic rings. The molecule has 132 valence electrons. The number of amides is 1. The van der Waals surface area contributed by atoms with Crippen LogP contribution >= 0.6 is 0 Å². The van der Waals surface area contributed by atoms with Gasteiger partial charge in [-0.2, -0.15) is 0 Å². The molecule has 1 aromatic carbocycles. The third-order valence-electron chi connectivity index (χ3n) is 3.96. The van der Waals surface area contributed by atoms with Crippen LogP contribution in [0.2, 0.25) is 0 Å². The van der Waals surface area contributed by atoms with Crippen LogP contribution in [-0.2, 0) is 11.3 Å². The molecule has 24 heavy (non-hydrogen) atoms. The molecule has 0 saturated heterocycles. The predicted octanol–water partition coefficient (Wildman–Crippen LogP) is 0.662. The number of carbonyl (C=O) groups excluding carboxylic acids is 1. The van der Waals surface area contributed by atoms with Crippen molar-refractivity contribution in [2.45, 2.75) is 33.2 Å². The minimum absolute atomic E-state index is 0.0256. The van der Waals surface area contributed by atoms with Crippen molar-refractivity contribution in [1.29, 1.82) is 0 Å². The van der Waals surface area contributed by atoms with Crippen LogP contribution in [0.5, 0.6) is 0 Å². The molecule has 0 spiro atoms. The first kappa shape index (κ1) is 18.3. The zero-order chi connectivity index (χ0) is 17.7. The van der Waals surface area contributed by atoms with E-state index in [1.54, 1.807) is 10.6 Å². The molecule has 0 fully saturated rings. The molecule has 0 atom stereocenters. The van der Waals surface area contributed by atoms with E-state index in [4.69, 9.17) is 4.42 Å². The van der Waals surface area contributed by atoms with E-state index in [-0.39, 0.29) is 17.1 Å². The number of oxazole rings is 1. The highest BCUT2D eigenvalue weighted by Gasteiger charge is 2.22.